The molecule has 8 heteroatoms. The molecule has 1 heterocycles. The van der Waals surface area contributed by atoms with Crippen LogP contribution in [0.5, 0.6) is 11.5 Å². The number of methoxy groups -OCH3 is 2. The van der Waals surface area contributed by atoms with Gasteiger partial charge in [-0.05, 0) is 48.6 Å². The number of thiazole rings is 1. The molecule has 0 saturated heterocycles. The highest BCUT2D eigenvalue weighted by molar-refractivity contribution is 9.10. The van der Waals surface area contributed by atoms with Crippen LogP contribution in [0.4, 0.5) is 5.69 Å². The van der Waals surface area contributed by atoms with Crippen molar-refractivity contribution in [2.24, 2.45) is 0 Å². The van der Waals surface area contributed by atoms with E-state index in [2.05, 4.69) is 44.6 Å². The summed E-state index contributed by atoms with van der Waals surface area (Å²) in [5, 5.41) is 5.70. The number of halogens is 1. The molecule has 160 valence electrons. The molecule has 0 aliphatic carbocycles. The number of thioether (sulfide) groups is 1. The zero-order valence-corrected chi connectivity index (χ0v) is 20.6. The Labute approximate surface area is 194 Å². The first-order valence-electron chi connectivity index (χ1n) is 9.23. The van der Waals surface area contributed by atoms with Crippen molar-refractivity contribution in [1.29, 1.82) is 0 Å². The number of anilines is 1. The van der Waals surface area contributed by atoms with E-state index < -0.39 is 0 Å². The van der Waals surface area contributed by atoms with Crippen LogP contribution in [-0.2, 0) is 10.5 Å². The van der Waals surface area contributed by atoms with Crippen LogP contribution < -0.4 is 14.8 Å². The monoisotopic (exact) mass is 508 g/mol. The summed E-state index contributed by atoms with van der Waals surface area (Å²) in [4.78, 5) is 14.9. The van der Waals surface area contributed by atoms with E-state index in [0.29, 0.717) is 17.8 Å². The maximum Gasteiger partial charge on any atom is 0.211 e. The van der Waals surface area contributed by atoms with Crippen LogP contribution in [-0.4, -0.2) is 31.4 Å². The van der Waals surface area contributed by atoms with Gasteiger partial charge in [-0.1, -0.05) is 28.9 Å². The van der Waals surface area contributed by atoms with E-state index in [0.717, 1.165) is 43.6 Å². The largest absolute Gasteiger partial charge is 0.496 e. The first-order chi connectivity index (χ1) is 14.5. The maximum absolute atomic E-state index is 10.2. The minimum absolute atomic E-state index is 0.636. The number of benzene rings is 2. The van der Waals surface area contributed by atoms with Gasteiger partial charge in [0, 0.05) is 15.6 Å². The Bertz CT molecular complexity index is 963. The van der Waals surface area contributed by atoms with Gasteiger partial charge in [0.05, 0.1) is 31.2 Å². The lowest BCUT2D eigenvalue weighted by atomic mass is 10.2. The van der Waals surface area contributed by atoms with Crippen LogP contribution in [0.2, 0.25) is 0 Å². The third-order valence-corrected chi connectivity index (χ3v) is 6.29. The highest BCUT2D eigenvalue weighted by atomic mass is 79.9. The average Bonchev–Trinajstić information content (AvgIpc) is 3.22. The Morgan fingerprint density at radius 2 is 1.90 bits per heavy atom. The summed E-state index contributed by atoms with van der Waals surface area (Å²) in [6, 6.07) is 11.6. The Morgan fingerprint density at radius 1 is 1.17 bits per heavy atom. The van der Waals surface area contributed by atoms with Crippen LogP contribution in [0.25, 0.3) is 10.6 Å². The summed E-state index contributed by atoms with van der Waals surface area (Å²) < 4.78 is 11.5. The molecular formula is C22H25BrN2O3S2. The Morgan fingerprint density at radius 3 is 2.57 bits per heavy atom. The molecule has 0 atom stereocenters. The zero-order chi connectivity index (χ0) is 21.9. The molecule has 0 saturated carbocycles. The van der Waals surface area contributed by atoms with Crippen molar-refractivity contribution in [3.05, 3.63) is 57.5 Å². The first kappa shape index (κ1) is 24.2. The third kappa shape index (κ3) is 7.04. The van der Waals surface area contributed by atoms with Crippen molar-refractivity contribution in [3.63, 3.8) is 0 Å². The minimum Gasteiger partial charge on any atom is -0.496 e. The lowest BCUT2D eigenvalue weighted by molar-refractivity contribution is -0.105. The second-order valence-electron chi connectivity index (χ2n) is 6.09. The number of nitrogens with zero attached hydrogens (tertiary/aromatic N) is 1. The topological polar surface area (TPSA) is 60.5 Å². The van der Waals surface area contributed by atoms with E-state index in [1.165, 1.54) is 0 Å². The molecule has 0 aliphatic heterocycles. The van der Waals surface area contributed by atoms with Crippen LogP contribution in [0.1, 0.15) is 18.2 Å². The molecular weight excluding hydrogens is 484 g/mol. The summed E-state index contributed by atoms with van der Waals surface area (Å²) in [5.41, 5.74) is 3.97. The van der Waals surface area contributed by atoms with Gasteiger partial charge < -0.3 is 14.8 Å². The fraction of sp³-hybridized carbons (Fsp3) is 0.273. The number of ether oxygens (including phenoxy) is 2. The molecule has 1 N–H and O–H groups in total. The molecule has 0 spiro atoms. The lowest BCUT2D eigenvalue weighted by Gasteiger charge is -2.06. The molecule has 1 aromatic heterocycles. The maximum atomic E-state index is 10.2. The van der Waals surface area contributed by atoms with Crippen molar-refractivity contribution in [2.45, 2.75) is 19.6 Å². The van der Waals surface area contributed by atoms with E-state index in [1.807, 2.05) is 49.0 Å². The van der Waals surface area contributed by atoms with E-state index in [9.17, 15) is 4.79 Å². The fourth-order valence-electron chi connectivity index (χ4n) is 2.55. The smallest absolute Gasteiger partial charge is 0.211 e. The number of rotatable bonds is 8. The first-order valence-corrected chi connectivity index (χ1v) is 12.1. The van der Waals surface area contributed by atoms with Gasteiger partial charge in [-0.25, -0.2) is 4.98 Å². The molecule has 5 nitrogen and oxygen atoms in total. The quantitative estimate of drug-likeness (QED) is 0.356. The standard InChI is InChI=1S/C13H14BrNOS2.C9H11NO2/c1-3-17-7-10-8-18-13(15-10)11-6-9(14)4-5-12(11)16-2;1-7-3-4-9(12-2)8(5-7)10-6-11/h4-6,8H,3,7H2,1-2H3;3-6H,1-2H3,(H,10,11). The fourth-order valence-corrected chi connectivity index (χ4v) is 4.42. The molecule has 0 unspecified atom stereocenters. The molecule has 0 bridgehead atoms. The van der Waals surface area contributed by atoms with Crippen molar-refractivity contribution in [3.8, 4) is 22.1 Å². The number of aromatic nitrogens is 1. The number of aryl methyl sites for hydroxylation is 1. The van der Waals surface area contributed by atoms with Gasteiger partial charge >= 0.3 is 0 Å². The normalized spacial score (nSPS) is 10.0. The highest BCUT2D eigenvalue weighted by Crippen LogP contribution is 2.35. The Kier molecular flexibility index (Phi) is 10.2. The second kappa shape index (κ2) is 12.6. The summed E-state index contributed by atoms with van der Waals surface area (Å²) in [6.07, 6.45) is 0.636. The van der Waals surface area contributed by atoms with Gasteiger partial charge in [-0.3, -0.25) is 4.79 Å². The minimum atomic E-state index is 0.636. The Hall–Kier alpha value is -2.03. The number of nitrogens with one attached hydrogen (secondary N) is 1. The Balaban J connectivity index is 0.000000232. The summed E-state index contributed by atoms with van der Waals surface area (Å²) in [7, 11) is 3.26. The van der Waals surface area contributed by atoms with Crippen molar-refractivity contribution in [2.75, 3.05) is 25.3 Å². The molecule has 0 fully saturated rings. The average molecular weight is 509 g/mol. The van der Waals surface area contributed by atoms with Crippen LogP contribution in [0.3, 0.4) is 0 Å². The van der Waals surface area contributed by atoms with E-state index in [-0.39, 0.29) is 0 Å². The summed E-state index contributed by atoms with van der Waals surface area (Å²) in [6.45, 7) is 4.12. The molecule has 0 aliphatic rings. The van der Waals surface area contributed by atoms with Gasteiger partial charge in [0.1, 0.15) is 16.5 Å². The number of carbonyl (C=O) groups is 1. The van der Waals surface area contributed by atoms with Crippen LogP contribution >= 0.6 is 39.0 Å². The van der Waals surface area contributed by atoms with E-state index >= 15 is 0 Å². The van der Waals surface area contributed by atoms with E-state index in [1.54, 1.807) is 25.6 Å². The third-order valence-electron chi connectivity index (χ3n) is 3.97. The van der Waals surface area contributed by atoms with Crippen LogP contribution in [0.15, 0.2) is 46.3 Å². The SMILES string of the molecule is CCSCc1csc(-c2cc(Br)ccc2OC)n1.COc1ccc(C)cc1NC=O. The summed E-state index contributed by atoms with van der Waals surface area (Å²) in [5.74, 6) is 3.63. The zero-order valence-electron chi connectivity index (χ0n) is 17.4. The predicted octanol–water partition coefficient (Wildman–Crippen LogP) is 6.41. The van der Waals surface area contributed by atoms with Gasteiger partial charge in [0.2, 0.25) is 6.41 Å². The van der Waals surface area contributed by atoms with Crippen molar-refractivity contribution in [1.82, 2.24) is 4.98 Å². The van der Waals surface area contributed by atoms with Crippen molar-refractivity contribution < 1.29 is 14.3 Å². The second-order valence-corrected chi connectivity index (χ2v) is 9.14. The van der Waals surface area contributed by atoms with Crippen molar-refractivity contribution >= 4 is 51.1 Å². The summed E-state index contributed by atoms with van der Waals surface area (Å²) >= 11 is 7.04. The molecule has 30 heavy (non-hydrogen) atoms. The van der Waals surface area contributed by atoms with Gasteiger partial charge in [-0.2, -0.15) is 11.8 Å². The lowest BCUT2D eigenvalue weighted by Crippen LogP contribution is -1.97. The molecule has 1 amide bonds. The van der Waals surface area contributed by atoms with Gasteiger partial charge in [-0.15, -0.1) is 11.3 Å². The van der Waals surface area contributed by atoms with E-state index in [4.69, 9.17) is 9.47 Å². The molecule has 3 rings (SSSR count). The number of hydrogen-bond acceptors (Lipinski definition) is 6. The highest BCUT2D eigenvalue weighted by Gasteiger charge is 2.11. The van der Waals surface area contributed by atoms with Gasteiger partial charge in [0.25, 0.3) is 0 Å². The predicted molar refractivity (Wildman–Crippen MR) is 131 cm³/mol. The number of amides is 1. The molecule has 3 aromatic rings. The molecule has 2 aromatic carbocycles. The van der Waals surface area contributed by atoms with Crippen LogP contribution in [0, 0.1) is 6.92 Å². The molecule has 0 radical (unpaired) electrons. The number of hydrogen-bond donors (Lipinski definition) is 1. The number of carbonyl (C=O) groups excluding carboxylic acids is 1. The van der Waals surface area contributed by atoms with Gasteiger partial charge in [0.15, 0.2) is 0 Å².